The van der Waals surface area contributed by atoms with Gasteiger partial charge in [0, 0.05) is 39.7 Å². The summed E-state index contributed by atoms with van der Waals surface area (Å²) >= 11 is 0. The van der Waals surface area contributed by atoms with Gasteiger partial charge >= 0.3 is 0 Å². The Morgan fingerprint density at radius 3 is 2.56 bits per heavy atom. The summed E-state index contributed by atoms with van der Waals surface area (Å²) < 4.78 is 28.2. The predicted octanol–water partition coefficient (Wildman–Crippen LogP) is 3.89. The highest BCUT2D eigenvalue weighted by atomic mass is 32.2. The number of rotatable bonds is 10. The van der Waals surface area contributed by atoms with E-state index in [4.69, 9.17) is 0 Å². The van der Waals surface area contributed by atoms with Crippen LogP contribution in [0.15, 0.2) is 37.5 Å². The molecule has 0 radical (unpaired) electrons. The Kier molecular flexibility index (Phi) is 7.70. The minimum Gasteiger partial charge on any atom is -0.313 e. The summed E-state index contributed by atoms with van der Waals surface area (Å²) in [6, 6.07) is 0.822. The molecule has 0 aromatic heterocycles. The van der Waals surface area contributed by atoms with E-state index in [1.807, 2.05) is 16.5 Å². The number of piperidine rings is 1. The second kappa shape index (κ2) is 9.20. The van der Waals surface area contributed by atoms with Gasteiger partial charge in [0.15, 0.2) is 0 Å². The molecule has 2 rings (SSSR count). The fourth-order valence-electron chi connectivity index (χ4n) is 4.58. The van der Waals surface area contributed by atoms with Crippen molar-refractivity contribution >= 4 is 18.1 Å². The Morgan fingerprint density at radius 2 is 1.93 bits per heavy atom. The van der Waals surface area contributed by atoms with Crippen LogP contribution in [0, 0.1) is 17.3 Å². The summed E-state index contributed by atoms with van der Waals surface area (Å²) in [5.41, 5.74) is -0.0926. The summed E-state index contributed by atoms with van der Waals surface area (Å²) in [5, 5.41) is 3.49. The van der Waals surface area contributed by atoms with Gasteiger partial charge in [0.05, 0.1) is 5.75 Å². The fourth-order valence-corrected chi connectivity index (χ4v) is 9.19. The van der Waals surface area contributed by atoms with Crippen molar-refractivity contribution in [1.29, 1.82) is 0 Å². The Bertz CT molecular complexity index is 654. The molecule has 0 bridgehead atoms. The van der Waals surface area contributed by atoms with Crippen LogP contribution in [0.1, 0.15) is 19.3 Å². The van der Waals surface area contributed by atoms with Crippen LogP contribution >= 0.6 is 0 Å². The van der Waals surface area contributed by atoms with Crippen LogP contribution in [0.5, 0.6) is 0 Å². The molecule has 1 fully saturated rings. The number of fused-ring (bicyclic) bond motifs is 1. The molecular formula is C21H38N2O2SSi. The molecule has 2 aliphatic rings. The highest BCUT2D eigenvalue weighted by Crippen LogP contribution is 2.47. The second-order valence-corrected chi connectivity index (χ2v) is 17.2. The first-order valence-electron chi connectivity index (χ1n) is 10.2. The molecule has 1 heterocycles. The number of allylic oxidation sites excluding steroid dienone is 3. The first-order valence-corrected chi connectivity index (χ1v) is 15.5. The number of nitrogens with one attached hydrogen (secondary N) is 1. The number of nitrogens with zero attached hydrogens (tertiary/aromatic N) is 1. The van der Waals surface area contributed by atoms with Crippen molar-refractivity contribution in [3.63, 3.8) is 0 Å². The summed E-state index contributed by atoms with van der Waals surface area (Å²) in [6.45, 7) is 17.3. The van der Waals surface area contributed by atoms with Gasteiger partial charge in [-0.2, -0.15) is 0 Å². The molecule has 1 aliphatic heterocycles. The van der Waals surface area contributed by atoms with Gasteiger partial charge in [-0.05, 0) is 37.1 Å². The van der Waals surface area contributed by atoms with E-state index in [2.05, 4.69) is 50.3 Å². The molecule has 0 aromatic carbocycles. The lowest BCUT2D eigenvalue weighted by Crippen LogP contribution is -2.59. The van der Waals surface area contributed by atoms with Crippen LogP contribution < -0.4 is 5.32 Å². The number of sulfonamides is 1. The van der Waals surface area contributed by atoms with E-state index in [-0.39, 0.29) is 5.41 Å². The zero-order valence-corrected chi connectivity index (χ0v) is 19.2. The largest absolute Gasteiger partial charge is 0.313 e. The highest BCUT2D eigenvalue weighted by molar-refractivity contribution is 7.89. The maximum absolute atomic E-state index is 13.2. The molecule has 0 aromatic rings. The fraction of sp³-hybridized carbons (Fsp3) is 0.714. The van der Waals surface area contributed by atoms with Gasteiger partial charge in [-0.1, -0.05) is 43.9 Å². The molecule has 154 valence electrons. The maximum atomic E-state index is 13.2. The van der Waals surface area contributed by atoms with Crippen LogP contribution in [0.4, 0.5) is 0 Å². The minimum atomic E-state index is -3.23. The third-order valence-electron chi connectivity index (χ3n) is 6.10. The van der Waals surface area contributed by atoms with E-state index in [0.29, 0.717) is 30.7 Å². The quantitative estimate of drug-likeness (QED) is 0.338. The van der Waals surface area contributed by atoms with Crippen LogP contribution in [0.2, 0.25) is 25.7 Å². The SMILES string of the molecule is C=CCNC[C@@]1(CC=C)CN(S(=O)(=O)CC[Si](C)(C)C)C[C@@H]2CC=CC[C@H]21. The molecule has 3 atom stereocenters. The summed E-state index contributed by atoms with van der Waals surface area (Å²) in [4.78, 5) is 0. The van der Waals surface area contributed by atoms with E-state index >= 15 is 0 Å². The number of hydrogen-bond donors (Lipinski definition) is 1. The van der Waals surface area contributed by atoms with Crippen molar-refractivity contribution in [1.82, 2.24) is 9.62 Å². The standard InChI is InChI=1S/C21H38N2O2SSi/c1-6-12-21(17-22-13-7-2)18-23(16-19-10-8-9-11-20(19)21)26(24,25)14-15-27(3,4)5/h6-9,19-20,22H,1-2,10-18H2,3-5H3/t19-,20+,21-/m0/s1. The average Bonchev–Trinajstić information content (AvgIpc) is 2.60. The van der Waals surface area contributed by atoms with Crippen molar-refractivity contribution in [2.24, 2.45) is 17.3 Å². The van der Waals surface area contributed by atoms with Gasteiger partial charge in [-0.3, -0.25) is 0 Å². The van der Waals surface area contributed by atoms with Gasteiger partial charge in [0.1, 0.15) is 0 Å². The van der Waals surface area contributed by atoms with E-state index in [1.54, 1.807) is 0 Å². The zero-order chi connectivity index (χ0) is 20.1. The minimum absolute atomic E-state index is 0.0926. The van der Waals surface area contributed by atoms with Crippen molar-refractivity contribution in [2.45, 2.75) is 44.9 Å². The summed E-state index contributed by atoms with van der Waals surface area (Å²) in [7, 11) is -4.62. The maximum Gasteiger partial charge on any atom is 0.213 e. The first-order chi connectivity index (χ1) is 12.6. The van der Waals surface area contributed by atoms with Crippen molar-refractivity contribution in [2.75, 3.05) is 31.9 Å². The van der Waals surface area contributed by atoms with E-state index in [9.17, 15) is 8.42 Å². The smallest absolute Gasteiger partial charge is 0.213 e. The second-order valence-electron chi connectivity index (χ2n) is 9.50. The topological polar surface area (TPSA) is 49.4 Å². The van der Waals surface area contributed by atoms with Crippen molar-refractivity contribution < 1.29 is 8.42 Å². The van der Waals surface area contributed by atoms with Crippen LogP contribution in [0.3, 0.4) is 0 Å². The molecule has 0 unspecified atom stereocenters. The monoisotopic (exact) mass is 410 g/mol. The Labute approximate surface area is 167 Å². The lowest BCUT2D eigenvalue weighted by molar-refractivity contribution is 0.0178. The van der Waals surface area contributed by atoms with Gasteiger partial charge < -0.3 is 5.32 Å². The third-order valence-corrected chi connectivity index (χ3v) is 10.00. The van der Waals surface area contributed by atoms with Gasteiger partial charge in [0.2, 0.25) is 10.0 Å². The van der Waals surface area contributed by atoms with Gasteiger partial charge in [-0.25, -0.2) is 12.7 Å². The normalized spacial score (nSPS) is 29.3. The summed E-state index contributed by atoms with van der Waals surface area (Å²) in [6.07, 6.45) is 11.2. The predicted molar refractivity (Wildman–Crippen MR) is 119 cm³/mol. The van der Waals surface area contributed by atoms with E-state index in [0.717, 1.165) is 38.4 Å². The van der Waals surface area contributed by atoms with Crippen LogP contribution in [-0.4, -0.2) is 52.7 Å². The molecule has 1 saturated heterocycles. The molecule has 27 heavy (non-hydrogen) atoms. The molecule has 0 spiro atoms. The molecule has 0 amide bonds. The third kappa shape index (κ3) is 5.89. The molecule has 0 saturated carbocycles. The van der Waals surface area contributed by atoms with E-state index < -0.39 is 18.1 Å². The highest BCUT2D eigenvalue weighted by Gasteiger charge is 2.49. The summed E-state index contributed by atoms with van der Waals surface area (Å²) in [5.74, 6) is 1.19. The number of hydrogen-bond acceptors (Lipinski definition) is 3. The van der Waals surface area contributed by atoms with Crippen LogP contribution in [0.25, 0.3) is 0 Å². The van der Waals surface area contributed by atoms with E-state index in [1.165, 1.54) is 0 Å². The molecule has 4 nitrogen and oxygen atoms in total. The molecular weight excluding hydrogens is 372 g/mol. The van der Waals surface area contributed by atoms with Crippen LogP contribution in [-0.2, 0) is 10.0 Å². The zero-order valence-electron chi connectivity index (χ0n) is 17.4. The molecule has 6 heteroatoms. The Morgan fingerprint density at radius 1 is 1.22 bits per heavy atom. The average molecular weight is 411 g/mol. The van der Waals surface area contributed by atoms with Crippen molar-refractivity contribution in [3.8, 4) is 0 Å². The first kappa shape index (κ1) is 22.6. The molecule has 1 aliphatic carbocycles. The Balaban J connectivity index is 2.28. The van der Waals surface area contributed by atoms with Crippen molar-refractivity contribution in [3.05, 3.63) is 37.5 Å². The van der Waals surface area contributed by atoms with Gasteiger partial charge in [-0.15, -0.1) is 13.2 Å². The Hall–Kier alpha value is -0.693. The molecule has 1 N–H and O–H groups in total. The lowest BCUT2D eigenvalue weighted by Gasteiger charge is -2.52. The lowest BCUT2D eigenvalue weighted by atomic mass is 9.61. The van der Waals surface area contributed by atoms with Gasteiger partial charge in [0.25, 0.3) is 0 Å².